The summed E-state index contributed by atoms with van der Waals surface area (Å²) >= 11 is 0. The number of methoxy groups -OCH3 is 1. The predicted molar refractivity (Wildman–Crippen MR) is 98.1 cm³/mol. The first-order valence-electron chi connectivity index (χ1n) is 8.74. The summed E-state index contributed by atoms with van der Waals surface area (Å²) in [6, 6.07) is 14.8. The molecule has 3 rings (SSSR count). The summed E-state index contributed by atoms with van der Waals surface area (Å²) in [6.07, 6.45) is 2.27. The molecule has 2 aromatic carbocycles. The zero-order valence-corrected chi connectivity index (χ0v) is 15.0. The molecule has 0 radical (unpaired) electrons. The molecule has 1 unspecified atom stereocenters. The van der Waals surface area contributed by atoms with Crippen LogP contribution in [0.2, 0.25) is 0 Å². The second-order valence-corrected chi connectivity index (χ2v) is 6.60. The first-order chi connectivity index (χ1) is 12.6. The smallest absolute Gasteiger partial charge is 0.337 e. The van der Waals surface area contributed by atoms with E-state index in [4.69, 9.17) is 4.74 Å². The van der Waals surface area contributed by atoms with Crippen LogP contribution in [-0.4, -0.2) is 25.6 Å². The zero-order valence-electron chi connectivity index (χ0n) is 15.0. The molecule has 1 aliphatic rings. The molecule has 0 aromatic heterocycles. The van der Waals surface area contributed by atoms with E-state index in [1.165, 1.54) is 12.7 Å². The van der Waals surface area contributed by atoms with Crippen LogP contribution >= 0.6 is 0 Å². The van der Waals surface area contributed by atoms with Gasteiger partial charge in [0.05, 0.1) is 18.7 Å². The zero-order chi connectivity index (χ0) is 18.5. The van der Waals surface area contributed by atoms with E-state index in [0.717, 1.165) is 18.4 Å². The van der Waals surface area contributed by atoms with Gasteiger partial charge >= 0.3 is 5.97 Å². The molecule has 1 atom stereocenters. The van der Waals surface area contributed by atoms with Gasteiger partial charge in [0, 0.05) is 0 Å². The highest BCUT2D eigenvalue weighted by molar-refractivity contribution is 5.89. The topological polar surface area (TPSA) is 64.6 Å². The van der Waals surface area contributed by atoms with Crippen molar-refractivity contribution in [2.24, 2.45) is 5.92 Å². The number of carbonyl (C=O) groups excluding carboxylic acids is 2. The first kappa shape index (κ1) is 18.0. The molecule has 136 valence electrons. The van der Waals surface area contributed by atoms with Crippen molar-refractivity contribution in [3.8, 4) is 5.75 Å². The van der Waals surface area contributed by atoms with Gasteiger partial charge in [0.15, 0.2) is 6.61 Å². The summed E-state index contributed by atoms with van der Waals surface area (Å²) in [4.78, 5) is 23.7. The largest absolute Gasteiger partial charge is 0.484 e. The quantitative estimate of drug-likeness (QED) is 0.775. The molecule has 0 saturated heterocycles. The van der Waals surface area contributed by atoms with Crippen molar-refractivity contribution in [2.45, 2.75) is 25.8 Å². The minimum absolute atomic E-state index is 0.0356. The van der Waals surface area contributed by atoms with E-state index in [0.29, 0.717) is 17.2 Å². The van der Waals surface area contributed by atoms with E-state index >= 15 is 0 Å². The van der Waals surface area contributed by atoms with E-state index in [1.54, 1.807) is 24.3 Å². The lowest BCUT2D eigenvalue weighted by molar-refractivity contribution is -0.124. The molecule has 0 spiro atoms. The summed E-state index contributed by atoms with van der Waals surface area (Å²) in [5.74, 6) is 0.478. The third-order valence-electron chi connectivity index (χ3n) is 4.49. The van der Waals surface area contributed by atoms with Crippen LogP contribution in [0.4, 0.5) is 0 Å². The van der Waals surface area contributed by atoms with E-state index < -0.39 is 5.97 Å². The number of carbonyl (C=O) groups is 2. The second-order valence-electron chi connectivity index (χ2n) is 6.60. The molecule has 1 N–H and O–H groups in total. The highest BCUT2D eigenvalue weighted by Gasteiger charge is 2.33. The average Bonchev–Trinajstić information content (AvgIpc) is 3.50. The molecule has 1 saturated carbocycles. The Balaban J connectivity index is 1.55. The molecular formula is C21H23NO4. The number of rotatable bonds is 7. The maximum Gasteiger partial charge on any atom is 0.337 e. The number of aryl methyl sites for hydroxylation is 1. The van der Waals surface area contributed by atoms with E-state index in [1.807, 2.05) is 6.92 Å². The Kier molecular flexibility index (Phi) is 5.56. The van der Waals surface area contributed by atoms with Crippen LogP contribution in [0, 0.1) is 12.8 Å². The number of hydrogen-bond acceptors (Lipinski definition) is 4. The maximum absolute atomic E-state index is 12.3. The van der Waals surface area contributed by atoms with Gasteiger partial charge in [-0.05, 0) is 55.5 Å². The minimum atomic E-state index is -0.403. The second kappa shape index (κ2) is 8.04. The SMILES string of the molecule is COC(=O)c1ccc(OCC(=O)NC(c2ccc(C)cc2)C2CC2)cc1. The lowest BCUT2D eigenvalue weighted by Crippen LogP contribution is -2.33. The molecule has 1 aliphatic carbocycles. The van der Waals surface area contributed by atoms with Gasteiger partial charge in [-0.15, -0.1) is 0 Å². The molecule has 5 heteroatoms. The number of ether oxygens (including phenoxy) is 2. The lowest BCUT2D eigenvalue weighted by atomic mass is 10.0. The van der Waals surface area contributed by atoms with Gasteiger partial charge < -0.3 is 14.8 Å². The van der Waals surface area contributed by atoms with Gasteiger partial charge in [-0.25, -0.2) is 4.79 Å². The van der Waals surface area contributed by atoms with Gasteiger partial charge in [-0.3, -0.25) is 4.79 Å². The van der Waals surface area contributed by atoms with E-state index in [-0.39, 0.29) is 18.6 Å². The molecule has 0 aliphatic heterocycles. The van der Waals surface area contributed by atoms with Crippen LogP contribution in [0.15, 0.2) is 48.5 Å². The van der Waals surface area contributed by atoms with Gasteiger partial charge in [-0.2, -0.15) is 0 Å². The summed E-state index contributed by atoms with van der Waals surface area (Å²) < 4.78 is 10.2. The van der Waals surface area contributed by atoms with Crippen molar-refractivity contribution < 1.29 is 19.1 Å². The van der Waals surface area contributed by atoms with Crippen LogP contribution in [0.3, 0.4) is 0 Å². The van der Waals surface area contributed by atoms with Gasteiger partial charge in [0.25, 0.3) is 5.91 Å². The van der Waals surface area contributed by atoms with Crippen molar-refractivity contribution in [3.63, 3.8) is 0 Å². The molecule has 5 nitrogen and oxygen atoms in total. The molecule has 0 heterocycles. The van der Waals surface area contributed by atoms with Crippen molar-refractivity contribution in [1.29, 1.82) is 0 Å². The van der Waals surface area contributed by atoms with Crippen LogP contribution in [0.25, 0.3) is 0 Å². The Morgan fingerprint density at radius 1 is 1.08 bits per heavy atom. The van der Waals surface area contributed by atoms with Gasteiger partial charge in [0.2, 0.25) is 0 Å². The number of benzene rings is 2. The summed E-state index contributed by atoms with van der Waals surface area (Å²) in [5.41, 5.74) is 2.78. The molecular weight excluding hydrogens is 330 g/mol. The fraction of sp³-hybridized carbons (Fsp3) is 0.333. The highest BCUT2D eigenvalue weighted by atomic mass is 16.5. The molecule has 0 bridgehead atoms. The van der Waals surface area contributed by atoms with Crippen LogP contribution < -0.4 is 10.1 Å². The normalized spacial score (nSPS) is 14.4. The molecule has 1 amide bonds. The van der Waals surface area contributed by atoms with Crippen molar-refractivity contribution in [2.75, 3.05) is 13.7 Å². The summed E-state index contributed by atoms with van der Waals surface area (Å²) in [5, 5.41) is 3.09. The van der Waals surface area contributed by atoms with Crippen molar-refractivity contribution >= 4 is 11.9 Å². The molecule has 2 aromatic rings. The number of amides is 1. The third-order valence-corrected chi connectivity index (χ3v) is 4.49. The van der Waals surface area contributed by atoms with E-state index in [9.17, 15) is 9.59 Å². The Morgan fingerprint density at radius 2 is 1.73 bits per heavy atom. The molecule has 26 heavy (non-hydrogen) atoms. The Hall–Kier alpha value is -2.82. The summed E-state index contributed by atoms with van der Waals surface area (Å²) in [6.45, 7) is 1.99. The van der Waals surface area contributed by atoms with Crippen LogP contribution in [0.1, 0.15) is 40.4 Å². The average molecular weight is 353 g/mol. The Bertz CT molecular complexity index is 764. The maximum atomic E-state index is 12.3. The lowest BCUT2D eigenvalue weighted by Gasteiger charge is -2.19. The van der Waals surface area contributed by atoms with Gasteiger partial charge in [0.1, 0.15) is 5.75 Å². The number of esters is 1. The molecule has 1 fully saturated rings. The van der Waals surface area contributed by atoms with Crippen molar-refractivity contribution in [1.82, 2.24) is 5.32 Å². The van der Waals surface area contributed by atoms with Crippen LogP contribution in [0.5, 0.6) is 5.75 Å². The standard InChI is InChI=1S/C21H23NO4/c1-14-3-5-15(6-4-14)20(16-7-8-16)22-19(23)13-26-18-11-9-17(10-12-18)21(24)25-2/h3-6,9-12,16,20H,7-8,13H2,1-2H3,(H,22,23). The monoisotopic (exact) mass is 353 g/mol. The number of nitrogens with one attached hydrogen (secondary N) is 1. The minimum Gasteiger partial charge on any atom is -0.484 e. The van der Waals surface area contributed by atoms with Gasteiger partial charge in [-0.1, -0.05) is 29.8 Å². The van der Waals surface area contributed by atoms with Crippen molar-refractivity contribution in [3.05, 3.63) is 65.2 Å². The van der Waals surface area contributed by atoms with Crippen LogP contribution in [-0.2, 0) is 9.53 Å². The first-order valence-corrected chi connectivity index (χ1v) is 8.74. The number of hydrogen-bond donors (Lipinski definition) is 1. The summed E-state index contributed by atoms with van der Waals surface area (Å²) in [7, 11) is 1.33. The van der Waals surface area contributed by atoms with E-state index in [2.05, 4.69) is 34.3 Å². The highest BCUT2D eigenvalue weighted by Crippen LogP contribution is 2.41. The third kappa shape index (κ3) is 4.63. The fourth-order valence-electron chi connectivity index (χ4n) is 2.85. The Labute approximate surface area is 153 Å². The fourth-order valence-corrected chi connectivity index (χ4v) is 2.85. The predicted octanol–water partition coefficient (Wildman–Crippen LogP) is 3.43. The Morgan fingerprint density at radius 3 is 2.31 bits per heavy atom.